The Labute approximate surface area is 225 Å². The minimum absolute atomic E-state index is 0.0778. The molecule has 0 aliphatic carbocycles. The molecule has 14 nitrogen and oxygen atoms in total. The first kappa shape index (κ1) is 26.8. The number of carbonyl (C=O) groups excluding carboxylic acids is 1. The van der Waals surface area contributed by atoms with Crippen molar-refractivity contribution in [2.45, 2.75) is 50.4 Å². The zero-order chi connectivity index (χ0) is 28.2. The Morgan fingerprint density at radius 3 is 2.92 bits per heavy atom. The van der Waals surface area contributed by atoms with E-state index < -0.39 is 62.4 Å². The van der Waals surface area contributed by atoms with Crippen molar-refractivity contribution in [2.24, 2.45) is 0 Å². The van der Waals surface area contributed by atoms with Gasteiger partial charge >= 0.3 is 14.0 Å². The van der Waals surface area contributed by atoms with Gasteiger partial charge in [0.15, 0.2) is 40.7 Å². The maximum atomic E-state index is 14.3. The number of benzene rings is 1. The number of nitrogens with zero attached hydrogens (tertiary/aromatic N) is 4. The summed E-state index contributed by atoms with van der Waals surface area (Å²) in [6, 6.07) is 3.61. The molecule has 0 amide bonds. The second-order valence-corrected chi connectivity index (χ2v) is 11.0. The van der Waals surface area contributed by atoms with Crippen LogP contribution < -0.4 is 10.5 Å². The molecule has 40 heavy (non-hydrogen) atoms. The van der Waals surface area contributed by atoms with Gasteiger partial charge in [-0.05, 0) is 19.9 Å². The highest BCUT2D eigenvalue weighted by molar-refractivity contribution is 7.48. The molecule has 6 rings (SSSR count). The fourth-order valence-corrected chi connectivity index (χ4v) is 6.38. The van der Waals surface area contributed by atoms with E-state index >= 15 is 0 Å². The van der Waals surface area contributed by atoms with E-state index in [-0.39, 0.29) is 36.1 Å². The SMILES string of the molecule is CCOc1nc(N)nc2c1ncn2[C@@H]1O[C@H](CO[P@]2(=O)OCC[C@H](c3cccc(F)c3F)O2)[C@H]2OC(=O)O[C@]21C. The third kappa shape index (κ3) is 4.45. The van der Waals surface area contributed by atoms with Gasteiger partial charge in [0.1, 0.15) is 6.10 Å². The number of imidazole rings is 1. The van der Waals surface area contributed by atoms with Crippen LogP contribution in [-0.2, 0) is 32.3 Å². The van der Waals surface area contributed by atoms with Crippen molar-refractivity contribution in [3.8, 4) is 5.88 Å². The number of hydrogen-bond donors (Lipinski definition) is 1. The molecule has 3 aliphatic heterocycles. The summed E-state index contributed by atoms with van der Waals surface area (Å²) >= 11 is 0. The Kier molecular flexibility index (Phi) is 6.62. The number of aromatic nitrogens is 4. The van der Waals surface area contributed by atoms with E-state index in [1.54, 1.807) is 13.8 Å². The summed E-state index contributed by atoms with van der Waals surface area (Å²) in [5.74, 6) is -2.09. The van der Waals surface area contributed by atoms with Crippen molar-refractivity contribution < 1.29 is 50.7 Å². The number of halogens is 2. The summed E-state index contributed by atoms with van der Waals surface area (Å²) in [6.07, 6.45) is -3.57. The summed E-state index contributed by atoms with van der Waals surface area (Å²) in [5, 5.41) is 0. The van der Waals surface area contributed by atoms with E-state index in [9.17, 15) is 18.1 Å². The third-order valence-corrected chi connectivity index (χ3v) is 8.25. The third-order valence-electron chi connectivity index (χ3n) is 6.77. The Morgan fingerprint density at radius 2 is 2.12 bits per heavy atom. The highest BCUT2D eigenvalue weighted by Crippen LogP contribution is 2.58. The Bertz CT molecular complexity index is 1530. The van der Waals surface area contributed by atoms with Crippen LogP contribution in [0.3, 0.4) is 0 Å². The molecule has 1 aromatic carbocycles. The quantitative estimate of drug-likeness (QED) is 0.317. The van der Waals surface area contributed by atoms with Gasteiger partial charge in [-0.1, -0.05) is 12.1 Å². The van der Waals surface area contributed by atoms with Crippen molar-refractivity contribution in [1.29, 1.82) is 0 Å². The predicted octanol–water partition coefficient (Wildman–Crippen LogP) is 3.58. The second kappa shape index (κ2) is 9.89. The first-order valence-corrected chi connectivity index (χ1v) is 13.8. The lowest BCUT2D eigenvalue weighted by Gasteiger charge is -2.30. The van der Waals surface area contributed by atoms with Gasteiger partial charge in [0.05, 0.1) is 32.3 Å². The molecular formula is C23H24F2N5O9P. The summed E-state index contributed by atoms with van der Waals surface area (Å²) in [5.41, 5.74) is 4.91. The Hall–Kier alpha value is -3.43. The van der Waals surface area contributed by atoms with E-state index in [4.69, 9.17) is 38.3 Å². The number of hydrogen-bond acceptors (Lipinski definition) is 13. The highest BCUT2D eigenvalue weighted by Gasteiger charge is 2.64. The van der Waals surface area contributed by atoms with Gasteiger partial charge in [0, 0.05) is 12.0 Å². The molecule has 3 fully saturated rings. The topological polar surface area (TPSA) is 168 Å². The molecule has 0 saturated carbocycles. The molecule has 3 aromatic rings. The van der Waals surface area contributed by atoms with Crippen molar-refractivity contribution in [1.82, 2.24) is 19.5 Å². The molecule has 5 heterocycles. The van der Waals surface area contributed by atoms with Crippen molar-refractivity contribution in [2.75, 3.05) is 25.6 Å². The van der Waals surface area contributed by atoms with Crippen LogP contribution in [0.25, 0.3) is 11.2 Å². The predicted molar refractivity (Wildman–Crippen MR) is 129 cm³/mol. The van der Waals surface area contributed by atoms with Gasteiger partial charge in [0.25, 0.3) is 0 Å². The number of phosphoric acid groups is 1. The molecule has 3 saturated heterocycles. The summed E-state index contributed by atoms with van der Waals surface area (Å²) in [6.45, 7) is 3.13. The molecule has 2 N–H and O–H groups in total. The molecule has 0 spiro atoms. The average molecular weight is 583 g/mol. The number of rotatable bonds is 7. The fourth-order valence-electron chi connectivity index (χ4n) is 5.00. The summed E-state index contributed by atoms with van der Waals surface area (Å²) in [7, 11) is -4.26. The van der Waals surface area contributed by atoms with Gasteiger partial charge in [-0.2, -0.15) is 9.97 Å². The highest BCUT2D eigenvalue weighted by atomic mass is 31.2. The van der Waals surface area contributed by atoms with Crippen molar-refractivity contribution in [3.05, 3.63) is 41.7 Å². The molecule has 0 bridgehead atoms. The van der Waals surface area contributed by atoms with Crippen LogP contribution in [-0.4, -0.2) is 63.3 Å². The lowest BCUT2D eigenvalue weighted by atomic mass is 9.96. The maximum absolute atomic E-state index is 14.3. The number of anilines is 1. The largest absolute Gasteiger partial charge is 0.509 e. The van der Waals surface area contributed by atoms with E-state index in [1.165, 1.54) is 23.0 Å². The smallest absolute Gasteiger partial charge is 0.476 e. The van der Waals surface area contributed by atoms with Crippen LogP contribution in [0.4, 0.5) is 19.5 Å². The van der Waals surface area contributed by atoms with Crippen LogP contribution >= 0.6 is 7.82 Å². The van der Waals surface area contributed by atoms with Crippen LogP contribution in [0.5, 0.6) is 5.88 Å². The number of ether oxygens (including phenoxy) is 4. The van der Waals surface area contributed by atoms with Gasteiger partial charge in [-0.15, -0.1) is 0 Å². The normalized spacial score (nSPS) is 31.6. The van der Waals surface area contributed by atoms with Crippen LogP contribution in [0.2, 0.25) is 0 Å². The minimum atomic E-state index is -4.26. The molecular weight excluding hydrogens is 559 g/mol. The molecule has 6 atom stereocenters. The first-order valence-electron chi connectivity index (χ1n) is 12.3. The molecule has 214 valence electrons. The number of nitrogens with two attached hydrogens (primary N) is 1. The van der Waals surface area contributed by atoms with E-state index in [0.717, 1.165) is 6.07 Å². The minimum Gasteiger partial charge on any atom is -0.476 e. The van der Waals surface area contributed by atoms with Crippen molar-refractivity contribution >= 4 is 31.1 Å². The Morgan fingerprint density at radius 1 is 1.30 bits per heavy atom. The molecule has 0 radical (unpaired) electrons. The summed E-state index contributed by atoms with van der Waals surface area (Å²) in [4.78, 5) is 24.8. The van der Waals surface area contributed by atoms with E-state index in [0.29, 0.717) is 12.1 Å². The zero-order valence-corrected chi connectivity index (χ0v) is 22.1. The van der Waals surface area contributed by atoms with Gasteiger partial charge in [0.2, 0.25) is 11.8 Å². The Balaban J connectivity index is 1.24. The molecule has 3 aliphatic rings. The summed E-state index contributed by atoms with van der Waals surface area (Å²) < 4.78 is 81.7. The molecule has 2 aromatic heterocycles. The second-order valence-electron chi connectivity index (χ2n) is 9.35. The number of fused-ring (bicyclic) bond motifs is 2. The van der Waals surface area contributed by atoms with Gasteiger partial charge in [-0.3, -0.25) is 18.1 Å². The van der Waals surface area contributed by atoms with E-state index in [1.807, 2.05) is 0 Å². The first-order chi connectivity index (χ1) is 19.1. The molecule has 0 unspecified atom stereocenters. The van der Waals surface area contributed by atoms with Crippen LogP contribution in [0.15, 0.2) is 24.5 Å². The van der Waals surface area contributed by atoms with Crippen molar-refractivity contribution in [3.63, 3.8) is 0 Å². The lowest BCUT2D eigenvalue weighted by Crippen LogP contribution is -2.42. The fraction of sp³-hybridized carbons (Fsp3) is 0.478. The van der Waals surface area contributed by atoms with Crippen LogP contribution in [0.1, 0.15) is 38.2 Å². The van der Waals surface area contributed by atoms with Gasteiger partial charge in [-0.25, -0.2) is 23.1 Å². The monoisotopic (exact) mass is 583 g/mol. The standard InChI is InChI=1S/C23H24F2N5O9P/c1-3-33-19-16-18(28-21(26)29-19)30(10-27-16)20-23(2)17(37-22(31)38-23)14(36-20)9-35-40(32)34-8-7-13(39-40)11-5-4-6-12(24)15(11)25/h4-6,10,13-14,17,20H,3,7-9H2,1-2H3,(H2,26,28,29)/t13-,14-,17-,20-,23-,40+/m1/s1. The number of carbonyl (C=O) groups is 1. The lowest BCUT2D eigenvalue weighted by molar-refractivity contribution is -0.0926. The number of phosphoric ester groups is 1. The van der Waals surface area contributed by atoms with E-state index in [2.05, 4.69) is 15.0 Å². The number of nitrogen functional groups attached to an aromatic ring is 1. The average Bonchev–Trinajstić information content (AvgIpc) is 3.53. The van der Waals surface area contributed by atoms with Crippen LogP contribution in [0, 0.1) is 11.6 Å². The molecule has 17 heteroatoms. The van der Waals surface area contributed by atoms with Gasteiger partial charge < -0.3 is 24.7 Å². The zero-order valence-electron chi connectivity index (χ0n) is 21.2. The maximum Gasteiger partial charge on any atom is 0.509 e.